The van der Waals surface area contributed by atoms with E-state index in [4.69, 9.17) is 11.6 Å². The third-order valence-corrected chi connectivity index (χ3v) is 3.57. The first-order chi connectivity index (χ1) is 8.52. The summed E-state index contributed by atoms with van der Waals surface area (Å²) in [7, 11) is 1.28. The maximum Gasteiger partial charge on any atom is 0.357 e. The largest absolute Gasteiger partial charge is 0.464 e. The number of aryl methyl sites for hydroxylation is 1. The lowest BCUT2D eigenvalue weighted by atomic mass is 10.2. The molecular weight excluding hydrogens is 277 g/mol. The third kappa shape index (κ3) is 2.37. The molecule has 0 amide bonds. The van der Waals surface area contributed by atoms with Gasteiger partial charge in [0.25, 0.3) is 0 Å². The molecule has 0 radical (unpaired) electrons. The highest BCUT2D eigenvalue weighted by Crippen LogP contribution is 2.31. The van der Waals surface area contributed by atoms with Crippen LogP contribution in [0.4, 0.5) is 4.39 Å². The molecule has 0 unspecified atom stereocenters. The van der Waals surface area contributed by atoms with Crippen molar-refractivity contribution >= 4 is 28.9 Å². The predicted octanol–water partition coefficient (Wildman–Crippen LogP) is 3.70. The number of hydrogen-bond donors (Lipinski definition) is 0. The monoisotopic (exact) mass is 285 g/mol. The third-order valence-electron chi connectivity index (χ3n) is 2.33. The van der Waals surface area contributed by atoms with Gasteiger partial charge < -0.3 is 4.74 Å². The number of esters is 1. The van der Waals surface area contributed by atoms with E-state index in [9.17, 15) is 9.18 Å². The molecule has 1 aromatic heterocycles. The second-order valence-corrected chi connectivity index (χ2v) is 5.18. The van der Waals surface area contributed by atoms with E-state index in [0.717, 1.165) is 0 Å². The first kappa shape index (κ1) is 13.0. The molecule has 0 N–H and O–H groups in total. The van der Waals surface area contributed by atoms with Gasteiger partial charge in [-0.3, -0.25) is 0 Å². The van der Waals surface area contributed by atoms with E-state index >= 15 is 0 Å². The minimum atomic E-state index is -0.530. The van der Waals surface area contributed by atoms with Gasteiger partial charge in [0, 0.05) is 15.5 Å². The number of thiazole rings is 1. The SMILES string of the molecule is COC(=O)c1nc(-c2cc(Cl)ccc2F)sc1C. The van der Waals surface area contributed by atoms with Crippen LogP contribution in [-0.4, -0.2) is 18.1 Å². The van der Waals surface area contributed by atoms with Gasteiger partial charge >= 0.3 is 5.97 Å². The molecule has 2 aromatic rings. The lowest BCUT2D eigenvalue weighted by Crippen LogP contribution is -2.03. The molecule has 0 aliphatic rings. The highest BCUT2D eigenvalue weighted by atomic mass is 35.5. The first-order valence-corrected chi connectivity index (χ1v) is 6.23. The van der Waals surface area contributed by atoms with Gasteiger partial charge in [0.1, 0.15) is 10.8 Å². The Balaban J connectivity index is 2.52. The molecule has 0 fully saturated rings. The average Bonchev–Trinajstić information content (AvgIpc) is 2.73. The lowest BCUT2D eigenvalue weighted by Gasteiger charge is -1.99. The molecule has 6 heteroatoms. The molecule has 0 aliphatic heterocycles. The van der Waals surface area contributed by atoms with Crippen molar-refractivity contribution < 1.29 is 13.9 Å². The molecule has 0 bridgehead atoms. The zero-order chi connectivity index (χ0) is 13.3. The Morgan fingerprint density at radius 1 is 1.50 bits per heavy atom. The Morgan fingerprint density at radius 2 is 2.22 bits per heavy atom. The summed E-state index contributed by atoms with van der Waals surface area (Å²) in [5, 5.41) is 0.826. The molecule has 1 heterocycles. The molecule has 94 valence electrons. The summed E-state index contributed by atoms with van der Waals surface area (Å²) in [5.74, 6) is -0.956. The highest BCUT2D eigenvalue weighted by Gasteiger charge is 2.18. The summed E-state index contributed by atoms with van der Waals surface area (Å²) in [6.07, 6.45) is 0. The van der Waals surface area contributed by atoms with E-state index in [2.05, 4.69) is 9.72 Å². The number of carbonyl (C=O) groups is 1. The zero-order valence-corrected chi connectivity index (χ0v) is 11.2. The van der Waals surface area contributed by atoms with Crippen LogP contribution in [-0.2, 0) is 4.74 Å². The number of halogens is 2. The molecule has 0 aliphatic carbocycles. The Labute approximate surface area is 112 Å². The van der Waals surface area contributed by atoms with Crippen molar-refractivity contribution in [2.24, 2.45) is 0 Å². The van der Waals surface area contributed by atoms with E-state index in [0.29, 0.717) is 14.9 Å². The van der Waals surface area contributed by atoms with Crippen molar-refractivity contribution in [1.29, 1.82) is 0 Å². The molecule has 1 aromatic carbocycles. The quantitative estimate of drug-likeness (QED) is 0.790. The Morgan fingerprint density at radius 3 is 2.89 bits per heavy atom. The molecule has 0 spiro atoms. The molecule has 0 saturated heterocycles. The van der Waals surface area contributed by atoms with Gasteiger partial charge in [-0.2, -0.15) is 0 Å². The molecule has 18 heavy (non-hydrogen) atoms. The summed E-state index contributed by atoms with van der Waals surface area (Å²) in [5.41, 5.74) is 0.489. The maximum atomic E-state index is 13.7. The van der Waals surface area contributed by atoms with Crippen LogP contribution < -0.4 is 0 Å². The van der Waals surface area contributed by atoms with Gasteiger partial charge in [-0.25, -0.2) is 14.2 Å². The highest BCUT2D eigenvalue weighted by molar-refractivity contribution is 7.15. The summed E-state index contributed by atoms with van der Waals surface area (Å²) >= 11 is 7.05. The minimum Gasteiger partial charge on any atom is -0.464 e. The van der Waals surface area contributed by atoms with Gasteiger partial charge in [0.2, 0.25) is 0 Å². The van der Waals surface area contributed by atoms with Gasteiger partial charge in [-0.1, -0.05) is 11.6 Å². The standard InChI is InChI=1S/C12H9ClFNO2S/c1-6-10(12(16)17-2)15-11(18-6)8-5-7(13)3-4-9(8)14/h3-5H,1-2H3. The van der Waals surface area contributed by atoms with Crippen molar-refractivity contribution in [1.82, 2.24) is 4.98 Å². The van der Waals surface area contributed by atoms with Crippen LogP contribution >= 0.6 is 22.9 Å². The van der Waals surface area contributed by atoms with E-state index in [1.807, 2.05) is 0 Å². The number of carbonyl (C=O) groups excluding carboxylic acids is 1. The summed E-state index contributed by atoms with van der Waals surface area (Å²) in [6, 6.07) is 4.21. The normalized spacial score (nSPS) is 10.4. The number of ether oxygens (including phenoxy) is 1. The Hall–Kier alpha value is -1.46. The van der Waals surface area contributed by atoms with Crippen LogP contribution in [0, 0.1) is 12.7 Å². The fourth-order valence-corrected chi connectivity index (χ4v) is 2.55. The zero-order valence-electron chi connectivity index (χ0n) is 9.66. The number of benzene rings is 1. The van der Waals surface area contributed by atoms with E-state index in [-0.39, 0.29) is 11.3 Å². The van der Waals surface area contributed by atoms with E-state index < -0.39 is 11.8 Å². The fraction of sp³-hybridized carbons (Fsp3) is 0.167. The van der Waals surface area contributed by atoms with Crippen molar-refractivity contribution in [2.45, 2.75) is 6.92 Å². The second-order valence-electron chi connectivity index (χ2n) is 3.54. The summed E-state index contributed by atoms with van der Waals surface area (Å²) < 4.78 is 18.3. The van der Waals surface area contributed by atoms with Crippen LogP contribution in [0.1, 0.15) is 15.4 Å². The second kappa shape index (κ2) is 5.04. The van der Waals surface area contributed by atoms with Crippen LogP contribution in [0.3, 0.4) is 0 Å². The molecule has 2 rings (SSSR count). The maximum absolute atomic E-state index is 13.7. The smallest absolute Gasteiger partial charge is 0.357 e. The number of methoxy groups -OCH3 is 1. The average molecular weight is 286 g/mol. The number of rotatable bonds is 2. The van der Waals surface area contributed by atoms with E-state index in [1.54, 1.807) is 6.92 Å². The first-order valence-electron chi connectivity index (χ1n) is 5.04. The molecule has 0 saturated carbocycles. The summed E-state index contributed by atoms with van der Waals surface area (Å²) in [6.45, 7) is 1.73. The number of aromatic nitrogens is 1. The predicted molar refractivity (Wildman–Crippen MR) is 68.6 cm³/mol. The molecule has 0 atom stereocenters. The Bertz CT molecular complexity index is 612. The lowest BCUT2D eigenvalue weighted by molar-refractivity contribution is 0.0594. The topological polar surface area (TPSA) is 39.2 Å². The fourth-order valence-electron chi connectivity index (χ4n) is 1.46. The van der Waals surface area contributed by atoms with Crippen LogP contribution in [0.15, 0.2) is 18.2 Å². The van der Waals surface area contributed by atoms with Crippen molar-refractivity contribution in [3.05, 3.63) is 39.6 Å². The van der Waals surface area contributed by atoms with Gasteiger partial charge in [0.05, 0.1) is 7.11 Å². The van der Waals surface area contributed by atoms with E-state index in [1.165, 1.54) is 36.6 Å². The number of hydrogen-bond acceptors (Lipinski definition) is 4. The van der Waals surface area contributed by atoms with Crippen LogP contribution in [0.5, 0.6) is 0 Å². The van der Waals surface area contributed by atoms with Crippen LogP contribution in [0.25, 0.3) is 10.6 Å². The van der Waals surface area contributed by atoms with Crippen molar-refractivity contribution in [3.8, 4) is 10.6 Å². The van der Waals surface area contributed by atoms with Gasteiger partial charge in [0.15, 0.2) is 5.69 Å². The number of nitrogens with zero attached hydrogens (tertiary/aromatic N) is 1. The molecular formula is C12H9ClFNO2S. The van der Waals surface area contributed by atoms with Gasteiger partial charge in [-0.15, -0.1) is 11.3 Å². The van der Waals surface area contributed by atoms with Gasteiger partial charge in [-0.05, 0) is 25.1 Å². The Kier molecular flexibility index (Phi) is 3.63. The summed E-state index contributed by atoms with van der Waals surface area (Å²) in [4.78, 5) is 16.2. The van der Waals surface area contributed by atoms with Crippen LogP contribution in [0.2, 0.25) is 5.02 Å². The van der Waals surface area contributed by atoms with Crippen molar-refractivity contribution in [2.75, 3.05) is 7.11 Å². The molecule has 3 nitrogen and oxygen atoms in total. The van der Waals surface area contributed by atoms with Crippen molar-refractivity contribution in [3.63, 3.8) is 0 Å². The minimum absolute atomic E-state index is 0.205.